The number of aliphatic hydroxyl groups is 1. The standard InChI is InChI=1S/C19H18O3/c20-16-7-1-13(2-8-16)19(14-3-9-17(21)10-4-14)15-5-11-18(22)12-6-15/h1-5,7-11,19-22H,6,12H2. The van der Waals surface area contributed by atoms with E-state index in [9.17, 15) is 15.3 Å². The molecule has 0 aliphatic heterocycles. The van der Waals surface area contributed by atoms with Crippen molar-refractivity contribution in [3.8, 4) is 11.5 Å². The zero-order valence-corrected chi connectivity index (χ0v) is 12.1. The molecule has 1 aliphatic carbocycles. The maximum atomic E-state index is 9.57. The van der Waals surface area contributed by atoms with Crippen molar-refractivity contribution < 1.29 is 15.3 Å². The number of phenols is 2. The van der Waals surface area contributed by atoms with Crippen LogP contribution in [0.2, 0.25) is 0 Å². The summed E-state index contributed by atoms with van der Waals surface area (Å²) in [4.78, 5) is 0. The molecule has 0 aromatic heterocycles. The highest BCUT2D eigenvalue weighted by Gasteiger charge is 2.20. The van der Waals surface area contributed by atoms with Gasteiger partial charge in [-0.15, -0.1) is 0 Å². The topological polar surface area (TPSA) is 60.7 Å². The molecule has 1 aliphatic rings. The van der Waals surface area contributed by atoms with Crippen LogP contribution in [0.3, 0.4) is 0 Å². The summed E-state index contributed by atoms with van der Waals surface area (Å²) in [6.45, 7) is 0. The van der Waals surface area contributed by atoms with Gasteiger partial charge in [0.15, 0.2) is 0 Å². The van der Waals surface area contributed by atoms with E-state index >= 15 is 0 Å². The van der Waals surface area contributed by atoms with Gasteiger partial charge in [0.1, 0.15) is 11.5 Å². The van der Waals surface area contributed by atoms with Gasteiger partial charge < -0.3 is 15.3 Å². The molecule has 3 nitrogen and oxygen atoms in total. The van der Waals surface area contributed by atoms with Gasteiger partial charge in [-0.2, -0.15) is 0 Å². The fourth-order valence-electron chi connectivity index (χ4n) is 2.84. The van der Waals surface area contributed by atoms with Crippen molar-refractivity contribution in [1.29, 1.82) is 0 Å². The van der Waals surface area contributed by atoms with E-state index in [0.29, 0.717) is 12.2 Å². The van der Waals surface area contributed by atoms with Crippen LogP contribution >= 0.6 is 0 Å². The fourth-order valence-corrected chi connectivity index (χ4v) is 2.84. The smallest absolute Gasteiger partial charge is 0.115 e. The number of aliphatic hydroxyl groups excluding tert-OH is 1. The maximum absolute atomic E-state index is 9.57. The quantitative estimate of drug-likeness (QED) is 0.786. The molecule has 3 N–H and O–H groups in total. The summed E-state index contributed by atoms with van der Waals surface area (Å²) in [5.74, 6) is 0.927. The lowest BCUT2D eigenvalue weighted by atomic mass is 9.81. The predicted octanol–water partition coefficient (Wildman–Crippen LogP) is 4.39. The summed E-state index contributed by atoms with van der Waals surface area (Å²) < 4.78 is 0. The normalized spacial score (nSPS) is 14.6. The van der Waals surface area contributed by atoms with Gasteiger partial charge in [0, 0.05) is 12.3 Å². The Hall–Kier alpha value is -2.68. The van der Waals surface area contributed by atoms with E-state index in [4.69, 9.17) is 0 Å². The van der Waals surface area contributed by atoms with Gasteiger partial charge in [-0.25, -0.2) is 0 Å². The lowest BCUT2D eigenvalue weighted by Gasteiger charge is -2.23. The molecule has 0 spiro atoms. The highest BCUT2D eigenvalue weighted by atomic mass is 16.3. The molecule has 2 aromatic carbocycles. The van der Waals surface area contributed by atoms with E-state index < -0.39 is 0 Å². The zero-order valence-electron chi connectivity index (χ0n) is 12.1. The Balaban J connectivity index is 2.06. The minimum atomic E-state index is 0.0468. The van der Waals surface area contributed by atoms with Crippen molar-refractivity contribution >= 4 is 0 Å². The molecule has 22 heavy (non-hydrogen) atoms. The summed E-state index contributed by atoms with van der Waals surface area (Å²) in [6.07, 6.45) is 5.13. The molecule has 2 aromatic rings. The number of allylic oxidation sites excluding steroid dienone is 4. The minimum absolute atomic E-state index is 0.0468. The van der Waals surface area contributed by atoms with Crippen LogP contribution in [0.25, 0.3) is 0 Å². The first kappa shape index (κ1) is 14.3. The predicted molar refractivity (Wildman–Crippen MR) is 86.1 cm³/mol. The van der Waals surface area contributed by atoms with Crippen molar-refractivity contribution in [1.82, 2.24) is 0 Å². The van der Waals surface area contributed by atoms with Gasteiger partial charge in [0.2, 0.25) is 0 Å². The Morgan fingerprint density at radius 3 is 1.55 bits per heavy atom. The average molecular weight is 294 g/mol. The summed E-state index contributed by atoms with van der Waals surface area (Å²) in [6, 6.07) is 14.4. The highest BCUT2D eigenvalue weighted by molar-refractivity contribution is 5.45. The van der Waals surface area contributed by atoms with Crippen LogP contribution in [0.5, 0.6) is 11.5 Å². The van der Waals surface area contributed by atoms with Crippen LogP contribution in [0.4, 0.5) is 0 Å². The lowest BCUT2D eigenvalue weighted by Crippen LogP contribution is -2.07. The van der Waals surface area contributed by atoms with Gasteiger partial charge in [0.25, 0.3) is 0 Å². The van der Waals surface area contributed by atoms with E-state index in [2.05, 4.69) is 0 Å². The molecule has 0 bridgehead atoms. The number of benzene rings is 2. The van der Waals surface area contributed by atoms with E-state index in [-0.39, 0.29) is 17.4 Å². The molecular formula is C19H18O3. The van der Waals surface area contributed by atoms with Gasteiger partial charge in [-0.05, 0) is 47.9 Å². The fraction of sp³-hybridized carbons (Fsp3) is 0.158. The number of aromatic hydroxyl groups is 2. The van der Waals surface area contributed by atoms with E-state index in [1.165, 1.54) is 5.57 Å². The van der Waals surface area contributed by atoms with Crippen molar-refractivity contribution in [2.45, 2.75) is 18.8 Å². The van der Waals surface area contributed by atoms with Gasteiger partial charge in [-0.3, -0.25) is 0 Å². The first-order chi connectivity index (χ1) is 10.6. The van der Waals surface area contributed by atoms with Crippen LogP contribution < -0.4 is 0 Å². The molecule has 3 rings (SSSR count). The summed E-state index contributed by atoms with van der Waals surface area (Å²) in [5.41, 5.74) is 3.35. The van der Waals surface area contributed by atoms with Crippen molar-refractivity contribution in [2.75, 3.05) is 0 Å². The van der Waals surface area contributed by atoms with E-state index in [0.717, 1.165) is 17.5 Å². The minimum Gasteiger partial charge on any atom is -0.512 e. The largest absolute Gasteiger partial charge is 0.512 e. The van der Waals surface area contributed by atoms with Crippen molar-refractivity contribution in [2.24, 2.45) is 0 Å². The Kier molecular flexibility index (Phi) is 3.88. The number of rotatable bonds is 3. The van der Waals surface area contributed by atoms with Crippen LogP contribution in [-0.4, -0.2) is 15.3 Å². The average Bonchev–Trinajstić information content (AvgIpc) is 2.53. The zero-order chi connectivity index (χ0) is 15.5. The number of hydrogen-bond acceptors (Lipinski definition) is 3. The summed E-state index contributed by atoms with van der Waals surface area (Å²) >= 11 is 0. The Labute approximate surface area is 129 Å². The molecule has 112 valence electrons. The molecule has 0 radical (unpaired) electrons. The van der Waals surface area contributed by atoms with Gasteiger partial charge in [0.05, 0.1) is 5.76 Å². The molecule has 0 fully saturated rings. The van der Waals surface area contributed by atoms with E-state index in [1.54, 1.807) is 30.3 Å². The summed E-state index contributed by atoms with van der Waals surface area (Å²) in [7, 11) is 0. The SMILES string of the molecule is OC1=CC=C(C(c2ccc(O)cc2)c2ccc(O)cc2)CC1. The molecule has 0 amide bonds. The lowest BCUT2D eigenvalue weighted by molar-refractivity contribution is 0.384. The van der Waals surface area contributed by atoms with Crippen LogP contribution in [-0.2, 0) is 0 Å². The third-order valence-corrected chi connectivity index (χ3v) is 3.98. The van der Waals surface area contributed by atoms with Crippen molar-refractivity contribution in [3.05, 3.63) is 83.1 Å². The van der Waals surface area contributed by atoms with Crippen LogP contribution in [0, 0.1) is 0 Å². The number of phenolic OH excluding ortho intramolecular Hbond substituents is 2. The second-order valence-corrected chi connectivity index (χ2v) is 5.52. The maximum Gasteiger partial charge on any atom is 0.115 e. The Morgan fingerprint density at radius 1 is 0.636 bits per heavy atom. The van der Waals surface area contributed by atoms with E-state index in [1.807, 2.05) is 30.3 Å². The molecular weight excluding hydrogens is 276 g/mol. The molecule has 0 saturated carbocycles. The number of hydrogen-bond donors (Lipinski definition) is 3. The molecule has 3 heteroatoms. The first-order valence-electron chi connectivity index (χ1n) is 7.30. The Bertz CT molecular complexity index is 664. The van der Waals surface area contributed by atoms with Crippen LogP contribution in [0.1, 0.15) is 29.9 Å². The molecule has 0 unspecified atom stereocenters. The molecule has 0 atom stereocenters. The van der Waals surface area contributed by atoms with Gasteiger partial charge in [-0.1, -0.05) is 35.9 Å². The monoisotopic (exact) mass is 294 g/mol. The first-order valence-corrected chi connectivity index (χ1v) is 7.30. The van der Waals surface area contributed by atoms with Gasteiger partial charge >= 0.3 is 0 Å². The highest BCUT2D eigenvalue weighted by Crippen LogP contribution is 2.37. The molecule has 0 heterocycles. The Morgan fingerprint density at radius 2 is 1.14 bits per heavy atom. The van der Waals surface area contributed by atoms with Crippen molar-refractivity contribution in [3.63, 3.8) is 0 Å². The van der Waals surface area contributed by atoms with Crippen LogP contribution in [0.15, 0.2) is 72.0 Å². The third-order valence-electron chi connectivity index (χ3n) is 3.98. The summed E-state index contributed by atoms with van der Waals surface area (Å²) in [5, 5.41) is 28.6. The second kappa shape index (κ2) is 5.98. The second-order valence-electron chi connectivity index (χ2n) is 5.52. The third kappa shape index (κ3) is 2.98. The molecule has 0 saturated heterocycles.